The molecular weight excluding hydrogens is 342 g/mol. The van der Waals surface area contributed by atoms with Gasteiger partial charge in [-0.3, -0.25) is 4.79 Å². The van der Waals surface area contributed by atoms with Crippen molar-refractivity contribution in [2.24, 2.45) is 0 Å². The molecule has 2 aromatic rings. The fourth-order valence-electron chi connectivity index (χ4n) is 2.31. The van der Waals surface area contributed by atoms with Crippen LogP contribution in [0.2, 0.25) is 5.02 Å². The molecule has 6 heteroatoms. The van der Waals surface area contributed by atoms with Gasteiger partial charge in [-0.1, -0.05) is 50.6 Å². The van der Waals surface area contributed by atoms with Crippen LogP contribution in [0.5, 0.6) is 5.75 Å². The van der Waals surface area contributed by atoms with Gasteiger partial charge < -0.3 is 15.2 Å². The fraction of sp³-hybridized carbons (Fsp3) is 0.263. The first-order valence-corrected chi connectivity index (χ1v) is 8.11. The number of phenols is 1. The molecule has 132 valence electrons. The highest BCUT2D eigenvalue weighted by molar-refractivity contribution is 6.31. The van der Waals surface area contributed by atoms with Gasteiger partial charge in [-0.2, -0.15) is 0 Å². The Bertz CT molecular complexity index is 796. The second kappa shape index (κ2) is 7.57. The van der Waals surface area contributed by atoms with Crippen LogP contribution in [0, 0.1) is 0 Å². The van der Waals surface area contributed by atoms with Crippen LogP contribution in [0.15, 0.2) is 42.5 Å². The number of phenolic OH excluding ortho intramolecular Hbond substituents is 1. The maximum Gasteiger partial charge on any atom is 0.342 e. The summed E-state index contributed by atoms with van der Waals surface area (Å²) in [6.45, 7) is 5.66. The van der Waals surface area contributed by atoms with E-state index in [1.54, 1.807) is 6.07 Å². The number of nitrogens with one attached hydrogen (secondary N) is 1. The summed E-state index contributed by atoms with van der Waals surface area (Å²) in [7, 11) is 0. The lowest BCUT2D eigenvalue weighted by Gasteiger charge is -2.22. The number of halogens is 1. The van der Waals surface area contributed by atoms with E-state index < -0.39 is 18.5 Å². The zero-order valence-electron chi connectivity index (χ0n) is 14.3. The van der Waals surface area contributed by atoms with E-state index in [-0.39, 0.29) is 21.8 Å². The van der Waals surface area contributed by atoms with Crippen LogP contribution in [-0.2, 0) is 14.9 Å². The van der Waals surface area contributed by atoms with Crippen molar-refractivity contribution < 1.29 is 19.4 Å². The second-order valence-electron chi connectivity index (χ2n) is 6.58. The number of hydrogen-bond donors (Lipinski definition) is 2. The van der Waals surface area contributed by atoms with E-state index in [1.165, 1.54) is 18.2 Å². The maximum absolute atomic E-state index is 12.1. The molecule has 25 heavy (non-hydrogen) atoms. The predicted octanol–water partition coefficient (Wildman–Crippen LogP) is 4.14. The number of aromatic hydroxyl groups is 1. The molecule has 0 radical (unpaired) electrons. The van der Waals surface area contributed by atoms with E-state index in [0.29, 0.717) is 5.69 Å². The van der Waals surface area contributed by atoms with Crippen molar-refractivity contribution in [3.63, 3.8) is 0 Å². The smallest absolute Gasteiger partial charge is 0.342 e. The van der Waals surface area contributed by atoms with E-state index in [9.17, 15) is 14.7 Å². The van der Waals surface area contributed by atoms with E-state index in [1.807, 2.05) is 39.0 Å². The summed E-state index contributed by atoms with van der Waals surface area (Å²) in [4.78, 5) is 24.1. The van der Waals surface area contributed by atoms with Gasteiger partial charge in [0.25, 0.3) is 5.91 Å². The van der Waals surface area contributed by atoms with Crippen molar-refractivity contribution in [1.82, 2.24) is 0 Å². The maximum atomic E-state index is 12.1. The first-order chi connectivity index (χ1) is 11.7. The molecule has 5 nitrogen and oxygen atoms in total. The van der Waals surface area contributed by atoms with Crippen molar-refractivity contribution in [3.8, 4) is 5.75 Å². The molecule has 0 bridgehead atoms. The second-order valence-corrected chi connectivity index (χ2v) is 7.02. The van der Waals surface area contributed by atoms with Gasteiger partial charge in [0.1, 0.15) is 11.3 Å². The number of rotatable bonds is 4. The third-order valence-corrected chi connectivity index (χ3v) is 3.76. The van der Waals surface area contributed by atoms with Gasteiger partial charge in [0.2, 0.25) is 0 Å². The molecule has 0 fully saturated rings. The highest BCUT2D eigenvalue weighted by atomic mass is 35.5. The first kappa shape index (κ1) is 18.8. The standard InChI is InChI=1S/C19H20ClNO4/c1-19(2,3)14-6-4-5-7-15(14)21-17(23)11-25-18(24)13-10-12(20)8-9-16(13)22/h4-10,22H,11H2,1-3H3,(H,21,23). The lowest BCUT2D eigenvalue weighted by Crippen LogP contribution is -2.23. The molecule has 0 atom stereocenters. The summed E-state index contributed by atoms with van der Waals surface area (Å²) in [6.07, 6.45) is 0. The number of carbonyl (C=O) groups excluding carboxylic acids is 2. The van der Waals surface area contributed by atoms with Crippen LogP contribution in [-0.4, -0.2) is 23.6 Å². The third kappa shape index (κ3) is 4.97. The topological polar surface area (TPSA) is 75.6 Å². The number of amides is 1. The molecule has 0 saturated heterocycles. The molecule has 0 spiro atoms. The molecule has 0 aliphatic heterocycles. The minimum absolute atomic E-state index is 0.0876. The Morgan fingerprint density at radius 3 is 2.52 bits per heavy atom. The van der Waals surface area contributed by atoms with Crippen LogP contribution >= 0.6 is 11.6 Å². The highest BCUT2D eigenvalue weighted by Crippen LogP contribution is 2.29. The quantitative estimate of drug-likeness (QED) is 0.802. The van der Waals surface area contributed by atoms with Crippen LogP contribution in [0.1, 0.15) is 36.7 Å². The lowest BCUT2D eigenvalue weighted by molar-refractivity contribution is -0.119. The summed E-state index contributed by atoms with van der Waals surface area (Å²) in [5, 5.41) is 12.7. The van der Waals surface area contributed by atoms with Crippen LogP contribution in [0.4, 0.5) is 5.69 Å². The minimum Gasteiger partial charge on any atom is -0.507 e. The summed E-state index contributed by atoms with van der Waals surface area (Å²) in [5.41, 5.74) is 1.41. The summed E-state index contributed by atoms with van der Waals surface area (Å²) in [6, 6.07) is 11.5. The zero-order chi connectivity index (χ0) is 18.6. The summed E-state index contributed by atoms with van der Waals surface area (Å²) < 4.78 is 4.95. The Morgan fingerprint density at radius 1 is 1.16 bits per heavy atom. The van der Waals surface area contributed by atoms with Crippen molar-refractivity contribution >= 4 is 29.2 Å². The van der Waals surface area contributed by atoms with Crippen molar-refractivity contribution in [1.29, 1.82) is 0 Å². The Morgan fingerprint density at radius 2 is 1.84 bits per heavy atom. The third-order valence-electron chi connectivity index (χ3n) is 3.52. The molecule has 2 N–H and O–H groups in total. The van der Waals surface area contributed by atoms with Crippen LogP contribution in [0.3, 0.4) is 0 Å². The highest BCUT2D eigenvalue weighted by Gasteiger charge is 2.19. The van der Waals surface area contributed by atoms with Crippen LogP contribution in [0.25, 0.3) is 0 Å². The number of ether oxygens (including phenoxy) is 1. The molecule has 0 aromatic heterocycles. The number of anilines is 1. The molecule has 0 aliphatic carbocycles. The zero-order valence-corrected chi connectivity index (χ0v) is 15.1. The molecule has 0 saturated carbocycles. The van der Waals surface area contributed by atoms with E-state index in [0.717, 1.165) is 5.56 Å². The Labute approximate surface area is 151 Å². The van der Waals surface area contributed by atoms with E-state index in [4.69, 9.17) is 16.3 Å². The molecule has 0 unspecified atom stereocenters. The van der Waals surface area contributed by atoms with Gasteiger partial charge in [0.05, 0.1) is 0 Å². The molecule has 0 heterocycles. The summed E-state index contributed by atoms with van der Waals surface area (Å²) in [5.74, 6) is -1.54. The minimum atomic E-state index is -0.820. The van der Waals surface area contributed by atoms with Crippen molar-refractivity contribution in [2.45, 2.75) is 26.2 Å². The van der Waals surface area contributed by atoms with Gasteiger partial charge in [-0.05, 0) is 35.2 Å². The molecular formula is C19H20ClNO4. The lowest BCUT2D eigenvalue weighted by atomic mass is 9.86. The van der Waals surface area contributed by atoms with Crippen LogP contribution < -0.4 is 5.32 Å². The Hall–Kier alpha value is -2.53. The molecule has 2 rings (SSSR count). The first-order valence-electron chi connectivity index (χ1n) is 7.73. The molecule has 0 aliphatic rings. The Kier molecular flexibility index (Phi) is 5.69. The molecule has 2 aromatic carbocycles. The fourth-order valence-corrected chi connectivity index (χ4v) is 2.49. The van der Waals surface area contributed by atoms with Gasteiger partial charge in [0.15, 0.2) is 6.61 Å². The van der Waals surface area contributed by atoms with Crippen molar-refractivity contribution in [3.05, 3.63) is 58.6 Å². The van der Waals surface area contributed by atoms with Crippen molar-refractivity contribution in [2.75, 3.05) is 11.9 Å². The molecule has 1 amide bonds. The summed E-state index contributed by atoms with van der Waals surface area (Å²) >= 11 is 5.79. The average Bonchev–Trinajstić information content (AvgIpc) is 2.54. The van der Waals surface area contributed by atoms with Gasteiger partial charge in [-0.25, -0.2) is 4.79 Å². The number of para-hydroxylation sites is 1. The van der Waals surface area contributed by atoms with Gasteiger partial charge in [-0.15, -0.1) is 0 Å². The monoisotopic (exact) mass is 361 g/mol. The number of hydrogen-bond acceptors (Lipinski definition) is 4. The Balaban J connectivity index is 2.02. The number of carbonyl (C=O) groups is 2. The number of esters is 1. The predicted molar refractivity (Wildman–Crippen MR) is 97.2 cm³/mol. The van der Waals surface area contributed by atoms with Gasteiger partial charge >= 0.3 is 5.97 Å². The number of benzene rings is 2. The normalized spacial score (nSPS) is 11.0. The van der Waals surface area contributed by atoms with Gasteiger partial charge in [0, 0.05) is 10.7 Å². The largest absolute Gasteiger partial charge is 0.507 e. The van der Waals surface area contributed by atoms with E-state index in [2.05, 4.69) is 5.32 Å². The average molecular weight is 362 g/mol. The van der Waals surface area contributed by atoms with E-state index >= 15 is 0 Å². The SMILES string of the molecule is CC(C)(C)c1ccccc1NC(=O)COC(=O)c1cc(Cl)ccc1O.